The van der Waals surface area contributed by atoms with Crippen molar-refractivity contribution in [3.8, 4) is 0 Å². The molecule has 5 nitrogen and oxygen atoms in total. The molecule has 1 aliphatic rings. The summed E-state index contributed by atoms with van der Waals surface area (Å²) >= 11 is 6.16. The quantitative estimate of drug-likeness (QED) is 0.347. The number of nitrogens with zero attached hydrogens (tertiary/aromatic N) is 3. The summed E-state index contributed by atoms with van der Waals surface area (Å²) in [4.78, 5) is 9.32. The van der Waals surface area contributed by atoms with Crippen LogP contribution in [0.4, 0.5) is 0 Å². The second-order valence-corrected chi connectivity index (χ2v) is 6.94. The zero-order valence-electron chi connectivity index (χ0n) is 16.0. The second-order valence-electron chi connectivity index (χ2n) is 6.54. The topological polar surface area (TPSA) is 51.1 Å². The summed E-state index contributed by atoms with van der Waals surface area (Å²) in [5.74, 6) is 0.830. The molecular weight excluding hydrogens is 463 g/mol. The van der Waals surface area contributed by atoms with Crippen molar-refractivity contribution in [1.29, 1.82) is 0 Å². The second kappa shape index (κ2) is 12.0. The molecule has 2 N–H and O–H groups in total. The van der Waals surface area contributed by atoms with E-state index in [1.165, 1.54) is 19.4 Å². The van der Waals surface area contributed by atoms with Crippen LogP contribution < -0.4 is 5.32 Å². The van der Waals surface area contributed by atoms with Crippen LogP contribution in [0.1, 0.15) is 38.4 Å². The van der Waals surface area contributed by atoms with Crippen LogP contribution in [0.3, 0.4) is 0 Å². The van der Waals surface area contributed by atoms with Crippen molar-refractivity contribution in [2.75, 3.05) is 39.8 Å². The van der Waals surface area contributed by atoms with E-state index < -0.39 is 6.10 Å². The van der Waals surface area contributed by atoms with Crippen molar-refractivity contribution in [1.82, 2.24) is 15.1 Å². The molecule has 0 aliphatic carbocycles. The molecule has 2 unspecified atom stereocenters. The normalized spacial score (nSPS) is 19.1. The summed E-state index contributed by atoms with van der Waals surface area (Å²) in [5.41, 5.74) is 0.722. The average molecular weight is 495 g/mol. The summed E-state index contributed by atoms with van der Waals surface area (Å²) in [6.07, 6.45) is 1.81. The first-order valence-electron chi connectivity index (χ1n) is 9.22. The lowest BCUT2D eigenvalue weighted by Gasteiger charge is -2.30. The van der Waals surface area contributed by atoms with Crippen LogP contribution in [0.25, 0.3) is 0 Å². The minimum Gasteiger partial charge on any atom is -0.386 e. The predicted molar refractivity (Wildman–Crippen MR) is 121 cm³/mol. The zero-order chi connectivity index (χ0) is 18.2. The number of benzene rings is 1. The van der Waals surface area contributed by atoms with Gasteiger partial charge in [0.05, 0.1) is 6.54 Å². The van der Waals surface area contributed by atoms with Gasteiger partial charge in [-0.15, -0.1) is 24.0 Å². The highest BCUT2D eigenvalue weighted by Gasteiger charge is 2.25. The molecule has 1 saturated heterocycles. The first-order valence-corrected chi connectivity index (χ1v) is 9.60. The maximum absolute atomic E-state index is 10.4. The van der Waals surface area contributed by atoms with E-state index in [4.69, 9.17) is 11.6 Å². The molecular formula is C19H32ClIN4O. The maximum Gasteiger partial charge on any atom is 0.193 e. The van der Waals surface area contributed by atoms with Gasteiger partial charge in [-0.2, -0.15) is 0 Å². The number of likely N-dealkylation sites (tertiary alicyclic amines) is 1. The Hall–Kier alpha value is -0.570. The van der Waals surface area contributed by atoms with Gasteiger partial charge in [0.25, 0.3) is 0 Å². The van der Waals surface area contributed by atoms with Gasteiger partial charge in [-0.05, 0) is 38.9 Å². The summed E-state index contributed by atoms with van der Waals surface area (Å²) in [5, 5.41) is 14.3. The van der Waals surface area contributed by atoms with Gasteiger partial charge >= 0.3 is 0 Å². The number of guanidine groups is 1. The van der Waals surface area contributed by atoms with E-state index in [0.29, 0.717) is 17.6 Å². The molecule has 0 radical (unpaired) electrons. The molecule has 0 aromatic heterocycles. The van der Waals surface area contributed by atoms with Gasteiger partial charge in [0.2, 0.25) is 0 Å². The molecule has 1 aromatic rings. The summed E-state index contributed by atoms with van der Waals surface area (Å²) in [7, 11) is 2.07. The number of rotatable bonds is 7. The Kier molecular flexibility index (Phi) is 10.8. The summed E-state index contributed by atoms with van der Waals surface area (Å²) < 4.78 is 0. The number of aliphatic hydroxyl groups is 1. The molecule has 0 saturated carbocycles. The highest BCUT2D eigenvalue weighted by Crippen LogP contribution is 2.22. The fourth-order valence-electron chi connectivity index (χ4n) is 3.41. The smallest absolute Gasteiger partial charge is 0.193 e. The Balaban J connectivity index is 0.00000338. The lowest BCUT2D eigenvalue weighted by atomic mass is 10.1. The van der Waals surface area contributed by atoms with E-state index >= 15 is 0 Å². The van der Waals surface area contributed by atoms with Crippen LogP contribution in [0.2, 0.25) is 5.02 Å². The van der Waals surface area contributed by atoms with Gasteiger partial charge in [0.1, 0.15) is 6.10 Å². The van der Waals surface area contributed by atoms with Gasteiger partial charge in [-0.3, -0.25) is 9.89 Å². The third-order valence-corrected chi connectivity index (χ3v) is 5.11. The van der Waals surface area contributed by atoms with Crippen LogP contribution in [0, 0.1) is 0 Å². The highest BCUT2D eigenvalue weighted by atomic mass is 127. The van der Waals surface area contributed by atoms with Crippen LogP contribution in [0.5, 0.6) is 0 Å². The Bertz CT molecular complexity index is 572. The average Bonchev–Trinajstić information content (AvgIpc) is 3.05. The molecule has 0 bridgehead atoms. The fraction of sp³-hybridized carbons (Fsp3) is 0.632. The number of likely N-dealkylation sites (N-methyl/N-ethyl adjacent to an activating group) is 2. The van der Waals surface area contributed by atoms with E-state index in [-0.39, 0.29) is 24.0 Å². The Labute approximate surface area is 179 Å². The van der Waals surface area contributed by atoms with E-state index in [1.54, 1.807) is 6.07 Å². The highest BCUT2D eigenvalue weighted by molar-refractivity contribution is 14.0. The molecule has 148 valence electrons. The molecule has 2 rings (SSSR count). The number of halogens is 2. The molecule has 0 amide bonds. The molecule has 26 heavy (non-hydrogen) atoms. The molecule has 2 atom stereocenters. The van der Waals surface area contributed by atoms with Gasteiger partial charge in [-0.1, -0.05) is 36.7 Å². The van der Waals surface area contributed by atoms with Crippen molar-refractivity contribution in [2.24, 2.45) is 4.99 Å². The zero-order valence-corrected chi connectivity index (χ0v) is 19.1. The van der Waals surface area contributed by atoms with Gasteiger partial charge < -0.3 is 15.3 Å². The SMILES string of the molecule is CCNC(=NCC(O)c1ccccc1Cl)N(C)CC1CCCN1CC.I. The summed E-state index contributed by atoms with van der Waals surface area (Å²) in [6, 6.07) is 7.95. The van der Waals surface area contributed by atoms with E-state index in [1.807, 2.05) is 18.2 Å². The van der Waals surface area contributed by atoms with Crippen LogP contribution in [-0.4, -0.2) is 66.7 Å². The Morgan fingerprint density at radius 3 is 2.81 bits per heavy atom. The predicted octanol–water partition coefficient (Wildman–Crippen LogP) is 3.37. The molecule has 1 aliphatic heterocycles. The first kappa shape index (κ1) is 23.5. The van der Waals surface area contributed by atoms with Gasteiger partial charge in [0.15, 0.2) is 5.96 Å². The Morgan fingerprint density at radius 2 is 2.15 bits per heavy atom. The molecule has 0 spiro atoms. The minimum atomic E-state index is -0.700. The lowest BCUT2D eigenvalue weighted by molar-refractivity contribution is 0.186. The largest absolute Gasteiger partial charge is 0.386 e. The minimum absolute atomic E-state index is 0. The fourth-order valence-corrected chi connectivity index (χ4v) is 3.67. The number of aliphatic hydroxyl groups excluding tert-OH is 1. The van der Waals surface area contributed by atoms with Crippen molar-refractivity contribution in [3.63, 3.8) is 0 Å². The van der Waals surface area contributed by atoms with Crippen molar-refractivity contribution in [2.45, 2.75) is 38.8 Å². The molecule has 1 aromatic carbocycles. The van der Waals surface area contributed by atoms with Crippen molar-refractivity contribution in [3.05, 3.63) is 34.9 Å². The Morgan fingerprint density at radius 1 is 1.42 bits per heavy atom. The maximum atomic E-state index is 10.4. The monoisotopic (exact) mass is 494 g/mol. The number of hydrogen-bond acceptors (Lipinski definition) is 3. The lowest BCUT2D eigenvalue weighted by Crippen LogP contribution is -2.46. The van der Waals surface area contributed by atoms with Crippen molar-refractivity contribution >= 4 is 41.5 Å². The van der Waals surface area contributed by atoms with Gasteiger partial charge in [-0.25, -0.2) is 0 Å². The standard InChI is InChI=1S/C19H31ClN4O.HI/c1-4-21-19(23(3)14-15-9-8-12-24(15)5-2)22-13-18(25)16-10-6-7-11-17(16)20;/h6-7,10-11,15,18,25H,4-5,8-9,12-14H2,1-3H3,(H,21,22);1H. The van der Waals surface area contributed by atoms with Crippen LogP contribution >= 0.6 is 35.6 Å². The van der Waals surface area contributed by atoms with Crippen molar-refractivity contribution < 1.29 is 5.11 Å². The molecule has 1 fully saturated rings. The summed E-state index contributed by atoms with van der Waals surface area (Å²) in [6.45, 7) is 8.60. The van der Waals surface area contributed by atoms with Crippen LogP contribution in [0.15, 0.2) is 29.3 Å². The molecule has 1 heterocycles. The number of aliphatic imine (C=N–C) groups is 1. The van der Waals surface area contributed by atoms with E-state index in [9.17, 15) is 5.11 Å². The number of hydrogen-bond donors (Lipinski definition) is 2. The third kappa shape index (κ3) is 6.55. The van der Waals surface area contributed by atoms with Crippen LogP contribution in [-0.2, 0) is 0 Å². The third-order valence-electron chi connectivity index (χ3n) is 4.76. The first-order chi connectivity index (χ1) is 12.1. The van der Waals surface area contributed by atoms with Gasteiger partial charge in [0, 0.05) is 36.8 Å². The van der Waals surface area contributed by atoms with E-state index in [2.05, 4.69) is 41.0 Å². The molecule has 7 heteroatoms. The number of nitrogens with one attached hydrogen (secondary N) is 1. The van der Waals surface area contributed by atoms with E-state index in [0.717, 1.165) is 31.2 Å².